The second kappa shape index (κ2) is 6.89. The average Bonchev–Trinajstić information content (AvgIpc) is 2.64. The number of aromatic nitrogens is 2. The standard InChI is InChI=1S/C11H20ClN3O/c1-3-4-5-10-14-9(11(12)15-10)6-13-8(2)7-16/h8,13,16H,3-7H2,1-2H3,(H,14,15). The van der Waals surface area contributed by atoms with Gasteiger partial charge >= 0.3 is 0 Å². The maximum Gasteiger partial charge on any atom is 0.151 e. The van der Waals surface area contributed by atoms with Gasteiger partial charge in [0.1, 0.15) is 5.82 Å². The molecule has 0 radical (unpaired) electrons. The highest BCUT2D eigenvalue weighted by Crippen LogP contribution is 2.14. The van der Waals surface area contributed by atoms with E-state index >= 15 is 0 Å². The number of aliphatic hydroxyl groups excluding tert-OH is 1. The molecular formula is C11H20ClN3O. The lowest BCUT2D eigenvalue weighted by Gasteiger charge is -2.08. The number of halogens is 1. The molecular weight excluding hydrogens is 226 g/mol. The van der Waals surface area contributed by atoms with E-state index in [1.54, 1.807) is 0 Å². The molecule has 1 aromatic heterocycles. The van der Waals surface area contributed by atoms with E-state index in [-0.39, 0.29) is 12.6 Å². The van der Waals surface area contributed by atoms with Gasteiger partial charge in [0.25, 0.3) is 0 Å². The molecule has 0 spiro atoms. The first-order chi connectivity index (χ1) is 7.67. The fourth-order valence-corrected chi connectivity index (χ4v) is 1.58. The SMILES string of the molecule is CCCCc1nc(Cl)c(CNC(C)CO)[nH]1. The predicted octanol–water partition coefficient (Wildman–Crippen LogP) is 1.88. The van der Waals surface area contributed by atoms with E-state index in [1.165, 1.54) is 0 Å². The minimum atomic E-state index is 0.0680. The van der Waals surface area contributed by atoms with Crippen molar-refractivity contribution in [1.29, 1.82) is 0 Å². The normalized spacial score (nSPS) is 13.0. The zero-order valence-corrected chi connectivity index (χ0v) is 10.6. The first kappa shape index (κ1) is 13.5. The van der Waals surface area contributed by atoms with Gasteiger partial charge in [-0.15, -0.1) is 0 Å². The number of nitrogens with zero attached hydrogens (tertiary/aromatic N) is 1. The molecule has 0 aliphatic carbocycles. The molecule has 1 heterocycles. The van der Waals surface area contributed by atoms with Gasteiger partial charge in [0, 0.05) is 19.0 Å². The first-order valence-electron chi connectivity index (χ1n) is 5.74. The minimum absolute atomic E-state index is 0.0680. The Morgan fingerprint density at radius 1 is 1.56 bits per heavy atom. The molecule has 0 fully saturated rings. The summed E-state index contributed by atoms with van der Waals surface area (Å²) in [7, 11) is 0. The Kier molecular flexibility index (Phi) is 5.80. The number of imidazole rings is 1. The van der Waals surface area contributed by atoms with Crippen molar-refractivity contribution < 1.29 is 5.11 Å². The fourth-order valence-electron chi connectivity index (χ4n) is 1.36. The molecule has 0 saturated heterocycles. The summed E-state index contributed by atoms with van der Waals surface area (Å²) in [5.41, 5.74) is 0.896. The largest absolute Gasteiger partial charge is 0.395 e. The molecule has 1 rings (SSSR count). The van der Waals surface area contributed by atoms with Gasteiger partial charge in [-0.25, -0.2) is 4.98 Å². The smallest absolute Gasteiger partial charge is 0.151 e. The van der Waals surface area contributed by atoms with Gasteiger partial charge < -0.3 is 15.4 Å². The molecule has 1 unspecified atom stereocenters. The zero-order chi connectivity index (χ0) is 12.0. The summed E-state index contributed by atoms with van der Waals surface area (Å²) >= 11 is 6.01. The zero-order valence-electron chi connectivity index (χ0n) is 9.89. The van der Waals surface area contributed by atoms with E-state index in [1.807, 2.05) is 6.92 Å². The number of rotatable bonds is 7. The monoisotopic (exact) mass is 245 g/mol. The van der Waals surface area contributed by atoms with E-state index in [4.69, 9.17) is 16.7 Å². The van der Waals surface area contributed by atoms with Gasteiger partial charge in [0.2, 0.25) is 0 Å². The second-order valence-corrected chi connectivity index (χ2v) is 4.38. The molecule has 0 saturated carbocycles. The molecule has 1 atom stereocenters. The van der Waals surface area contributed by atoms with Crippen molar-refractivity contribution >= 4 is 11.6 Å². The summed E-state index contributed by atoms with van der Waals surface area (Å²) in [5, 5.41) is 12.6. The van der Waals surface area contributed by atoms with Gasteiger partial charge in [0.05, 0.1) is 12.3 Å². The third kappa shape index (κ3) is 4.12. The fraction of sp³-hybridized carbons (Fsp3) is 0.727. The maximum atomic E-state index is 8.88. The van der Waals surface area contributed by atoms with E-state index < -0.39 is 0 Å². The Balaban J connectivity index is 2.49. The Morgan fingerprint density at radius 3 is 2.94 bits per heavy atom. The molecule has 5 heteroatoms. The van der Waals surface area contributed by atoms with Gasteiger partial charge in [-0.2, -0.15) is 0 Å². The topological polar surface area (TPSA) is 60.9 Å². The number of H-pyrrole nitrogens is 1. The van der Waals surface area contributed by atoms with Gasteiger partial charge in [-0.1, -0.05) is 24.9 Å². The highest BCUT2D eigenvalue weighted by Gasteiger charge is 2.08. The van der Waals surface area contributed by atoms with Crippen LogP contribution in [0.5, 0.6) is 0 Å². The van der Waals surface area contributed by atoms with Crippen LogP contribution in [-0.4, -0.2) is 27.7 Å². The maximum absolute atomic E-state index is 8.88. The Hall–Kier alpha value is -0.580. The van der Waals surface area contributed by atoms with Crippen molar-refractivity contribution in [2.24, 2.45) is 0 Å². The van der Waals surface area contributed by atoms with Crippen LogP contribution in [0.15, 0.2) is 0 Å². The molecule has 1 aromatic rings. The van der Waals surface area contributed by atoms with Crippen molar-refractivity contribution in [2.75, 3.05) is 6.61 Å². The Bertz CT molecular complexity index is 314. The molecule has 0 aromatic carbocycles. The van der Waals surface area contributed by atoms with E-state index in [9.17, 15) is 0 Å². The van der Waals surface area contributed by atoms with Crippen molar-refractivity contribution in [2.45, 2.75) is 45.7 Å². The summed E-state index contributed by atoms with van der Waals surface area (Å²) in [6, 6.07) is 0.0680. The van der Waals surface area contributed by atoms with E-state index in [2.05, 4.69) is 22.2 Å². The van der Waals surface area contributed by atoms with Crippen LogP contribution in [-0.2, 0) is 13.0 Å². The van der Waals surface area contributed by atoms with Gasteiger partial charge in [-0.3, -0.25) is 0 Å². The van der Waals surface area contributed by atoms with Crippen LogP contribution in [0.3, 0.4) is 0 Å². The summed E-state index contributed by atoms with van der Waals surface area (Å²) in [6.45, 7) is 4.80. The lowest BCUT2D eigenvalue weighted by Crippen LogP contribution is -2.28. The van der Waals surface area contributed by atoms with E-state index in [0.29, 0.717) is 11.7 Å². The second-order valence-electron chi connectivity index (χ2n) is 4.02. The average molecular weight is 246 g/mol. The molecule has 0 aliphatic rings. The first-order valence-corrected chi connectivity index (χ1v) is 6.12. The lowest BCUT2D eigenvalue weighted by molar-refractivity contribution is 0.250. The Labute approximate surface area is 101 Å². The lowest BCUT2D eigenvalue weighted by atomic mass is 10.2. The quantitative estimate of drug-likeness (QED) is 0.687. The summed E-state index contributed by atoms with van der Waals surface area (Å²) in [5.74, 6) is 0.945. The third-order valence-electron chi connectivity index (χ3n) is 2.45. The van der Waals surface area contributed by atoms with Crippen molar-refractivity contribution in [3.05, 3.63) is 16.7 Å². The number of unbranched alkanes of at least 4 members (excludes halogenated alkanes) is 1. The van der Waals surface area contributed by atoms with Crippen LogP contribution in [0.2, 0.25) is 5.15 Å². The van der Waals surface area contributed by atoms with Crippen LogP contribution >= 0.6 is 11.6 Å². The van der Waals surface area contributed by atoms with Crippen LogP contribution < -0.4 is 5.32 Å². The number of hydrogen-bond acceptors (Lipinski definition) is 3. The number of aryl methyl sites for hydroxylation is 1. The minimum Gasteiger partial charge on any atom is -0.395 e. The molecule has 92 valence electrons. The Morgan fingerprint density at radius 2 is 2.31 bits per heavy atom. The highest BCUT2D eigenvalue weighted by atomic mass is 35.5. The summed E-state index contributed by atoms with van der Waals surface area (Å²) in [4.78, 5) is 7.47. The molecule has 3 N–H and O–H groups in total. The number of aliphatic hydroxyl groups is 1. The third-order valence-corrected chi connectivity index (χ3v) is 2.76. The van der Waals surface area contributed by atoms with Crippen LogP contribution in [0.4, 0.5) is 0 Å². The van der Waals surface area contributed by atoms with Gasteiger partial charge in [-0.05, 0) is 13.3 Å². The van der Waals surface area contributed by atoms with Crippen molar-refractivity contribution in [3.8, 4) is 0 Å². The van der Waals surface area contributed by atoms with Crippen LogP contribution in [0, 0.1) is 0 Å². The molecule has 16 heavy (non-hydrogen) atoms. The van der Waals surface area contributed by atoms with Crippen LogP contribution in [0.1, 0.15) is 38.2 Å². The van der Waals surface area contributed by atoms with Crippen molar-refractivity contribution in [3.63, 3.8) is 0 Å². The highest BCUT2D eigenvalue weighted by molar-refractivity contribution is 6.30. The van der Waals surface area contributed by atoms with E-state index in [0.717, 1.165) is 30.8 Å². The van der Waals surface area contributed by atoms with Crippen LogP contribution in [0.25, 0.3) is 0 Å². The van der Waals surface area contributed by atoms with Gasteiger partial charge in [0.15, 0.2) is 5.15 Å². The molecule has 0 aliphatic heterocycles. The molecule has 0 bridgehead atoms. The molecule has 4 nitrogen and oxygen atoms in total. The van der Waals surface area contributed by atoms with Crippen molar-refractivity contribution in [1.82, 2.24) is 15.3 Å². The predicted molar refractivity (Wildman–Crippen MR) is 65.6 cm³/mol. The summed E-state index contributed by atoms with van der Waals surface area (Å²) in [6.07, 6.45) is 3.20. The number of aromatic amines is 1. The summed E-state index contributed by atoms with van der Waals surface area (Å²) < 4.78 is 0. The molecule has 0 amide bonds. The number of hydrogen-bond donors (Lipinski definition) is 3. The number of nitrogens with one attached hydrogen (secondary N) is 2.